The smallest absolute Gasteiger partial charge is 0.258 e. The lowest BCUT2D eigenvalue weighted by Crippen LogP contribution is -2.12. The van der Waals surface area contributed by atoms with Crippen molar-refractivity contribution in [3.63, 3.8) is 0 Å². The lowest BCUT2D eigenvalue weighted by Gasteiger charge is -2.04. The molecule has 0 atom stereocenters. The summed E-state index contributed by atoms with van der Waals surface area (Å²) in [6.07, 6.45) is 8.92. The number of carbonyl (C=O) groups is 1. The number of aromatic nitrogens is 4. The Kier molecular flexibility index (Phi) is 3.22. The molecule has 0 aromatic carbocycles. The van der Waals surface area contributed by atoms with Gasteiger partial charge in [-0.25, -0.2) is 9.97 Å². The number of hydrogen-bond donors (Lipinski definition) is 1. The molecular formula is C14H17N5O. The molecule has 3 rings (SSSR count). The minimum Gasteiger partial charge on any atom is -0.319 e. The molecule has 0 saturated heterocycles. The fraction of sp³-hybridized carbons (Fsp3) is 0.429. The van der Waals surface area contributed by atoms with Gasteiger partial charge in [-0.15, -0.1) is 0 Å². The van der Waals surface area contributed by atoms with E-state index in [1.165, 1.54) is 0 Å². The summed E-state index contributed by atoms with van der Waals surface area (Å²) in [4.78, 5) is 20.5. The molecule has 0 aliphatic heterocycles. The molecule has 6 nitrogen and oxygen atoms in total. The van der Waals surface area contributed by atoms with Crippen molar-refractivity contribution in [3.8, 4) is 0 Å². The van der Waals surface area contributed by atoms with Crippen molar-refractivity contribution in [3.05, 3.63) is 36.2 Å². The highest BCUT2D eigenvalue weighted by Crippen LogP contribution is 2.37. The second kappa shape index (κ2) is 5.03. The molecular weight excluding hydrogens is 254 g/mol. The van der Waals surface area contributed by atoms with Crippen LogP contribution >= 0.6 is 0 Å². The number of nitrogens with one attached hydrogen (secondary N) is 1. The summed E-state index contributed by atoms with van der Waals surface area (Å²) in [6, 6.07) is 0.266. The van der Waals surface area contributed by atoms with Crippen molar-refractivity contribution in [1.29, 1.82) is 0 Å². The Labute approximate surface area is 117 Å². The second-order valence-electron chi connectivity index (χ2n) is 5.36. The Balaban J connectivity index is 1.68. The summed E-state index contributed by atoms with van der Waals surface area (Å²) in [5, 5.41) is 6.97. The summed E-state index contributed by atoms with van der Waals surface area (Å²) in [5.74, 6) is 1.13. The third-order valence-corrected chi connectivity index (χ3v) is 3.26. The van der Waals surface area contributed by atoms with Crippen LogP contribution in [0.4, 0.5) is 5.69 Å². The molecule has 0 radical (unpaired) electrons. The van der Waals surface area contributed by atoms with Crippen molar-refractivity contribution in [1.82, 2.24) is 19.7 Å². The van der Waals surface area contributed by atoms with Crippen LogP contribution in [0.15, 0.2) is 24.8 Å². The van der Waals surface area contributed by atoms with Crippen molar-refractivity contribution in [2.45, 2.75) is 38.6 Å². The fourth-order valence-corrected chi connectivity index (χ4v) is 1.90. The molecule has 1 saturated carbocycles. The predicted octanol–water partition coefficient (Wildman–Crippen LogP) is 2.38. The Morgan fingerprint density at radius 3 is 2.55 bits per heavy atom. The van der Waals surface area contributed by atoms with Crippen LogP contribution in [0.3, 0.4) is 0 Å². The van der Waals surface area contributed by atoms with E-state index in [-0.39, 0.29) is 11.9 Å². The van der Waals surface area contributed by atoms with Gasteiger partial charge in [0.25, 0.3) is 5.91 Å². The van der Waals surface area contributed by atoms with Crippen LogP contribution in [-0.4, -0.2) is 25.7 Å². The summed E-state index contributed by atoms with van der Waals surface area (Å²) in [5.41, 5.74) is 1.14. The quantitative estimate of drug-likeness (QED) is 0.926. The van der Waals surface area contributed by atoms with E-state index in [4.69, 9.17) is 0 Å². The third kappa shape index (κ3) is 2.68. The Morgan fingerprint density at radius 1 is 1.30 bits per heavy atom. The molecule has 104 valence electrons. The van der Waals surface area contributed by atoms with Gasteiger partial charge < -0.3 is 5.32 Å². The maximum Gasteiger partial charge on any atom is 0.258 e. The molecule has 20 heavy (non-hydrogen) atoms. The van der Waals surface area contributed by atoms with Crippen molar-refractivity contribution in [2.75, 3.05) is 5.32 Å². The number of hydrogen-bond acceptors (Lipinski definition) is 4. The molecule has 6 heteroatoms. The first kappa shape index (κ1) is 12.8. The van der Waals surface area contributed by atoms with Crippen LogP contribution in [0.2, 0.25) is 0 Å². The van der Waals surface area contributed by atoms with Gasteiger partial charge in [0, 0.05) is 30.6 Å². The van der Waals surface area contributed by atoms with E-state index in [2.05, 4.69) is 20.4 Å². The number of carbonyl (C=O) groups excluding carboxylic acids is 1. The zero-order chi connectivity index (χ0) is 14.1. The predicted molar refractivity (Wildman–Crippen MR) is 74.6 cm³/mol. The highest BCUT2D eigenvalue weighted by Gasteiger charge is 2.26. The largest absolute Gasteiger partial charge is 0.319 e. The second-order valence-corrected chi connectivity index (χ2v) is 5.36. The van der Waals surface area contributed by atoms with Crippen LogP contribution in [-0.2, 0) is 0 Å². The van der Waals surface area contributed by atoms with Crippen molar-refractivity contribution < 1.29 is 4.79 Å². The molecule has 2 heterocycles. The van der Waals surface area contributed by atoms with Gasteiger partial charge in [0.15, 0.2) is 0 Å². The molecule has 0 unspecified atom stereocenters. The zero-order valence-electron chi connectivity index (χ0n) is 11.6. The van der Waals surface area contributed by atoms with E-state index < -0.39 is 0 Å². The molecule has 0 spiro atoms. The van der Waals surface area contributed by atoms with Crippen LogP contribution in [0.1, 0.15) is 54.8 Å². The van der Waals surface area contributed by atoms with E-state index >= 15 is 0 Å². The van der Waals surface area contributed by atoms with Gasteiger partial charge in [0.05, 0.1) is 17.4 Å². The van der Waals surface area contributed by atoms with E-state index in [9.17, 15) is 4.79 Å². The molecule has 1 amide bonds. The van der Waals surface area contributed by atoms with Gasteiger partial charge in [-0.2, -0.15) is 5.10 Å². The zero-order valence-corrected chi connectivity index (χ0v) is 11.6. The lowest BCUT2D eigenvalue weighted by molar-refractivity contribution is 0.102. The third-order valence-electron chi connectivity index (χ3n) is 3.26. The highest BCUT2D eigenvalue weighted by atomic mass is 16.1. The van der Waals surface area contributed by atoms with E-state index in [1.807, 2.05) is 20.0 Å². The molecule has 1 fully saturated rings. The monoisotopic (exact) mass is 271 g/mol. The van der Waals surface area contributed by atoms with Gasteiger partial charge in [-0.1, -0.05) is 0 Å². The number of amides is 1. The molecule has 2 aromatic heterocycles. The van der Waals surface area contributed by atoms with Gasteiger partial charge in [0.1, 0.15) is 5.82 Å². The number of anilines is 1. The summed E-state index contributed by atoms with van der Waals surface area (Å²) < 4.78 is 1.79. The van der Waals surface area contributed by atoms with E-state index in [1.54, 1.807) is 23.3 Å². The molecule has 0 bridgehead atoms. The van der Waals surface area contributed by atoms with E-state index in [0.717, 1.165) is 18.7 Å². The number of nitrogens with zero attached hydrogens (tertiary/aromatic N) is 4. The van der Waals surface area contributed by atoms with Gasteiger partial charge in [-0.05, 0) is 26.7 Å². The van der Waals surface area contributed by atoms with Gasteiger partial charge in [-0.3, -0.25) is 9.48 Å². The first-order valence-electron chi connectivity index (χ1n) is 6.81. The van der Waals surface area contributed by atoms with Crippen molar-refractivity contribution in [2.24, 2.45) is 0 Å². The molecule has 1 N–H and O–H groups in total. The first-order valence-corrected chi connectivity index (χ1v) is 6.81. The normalized spacial score (nSPS) is 14.6. The summed E-state index contributed by atoms with van der Waals surface area (Å²) in [6.45, 7) is 4.06. The van der Waals surface area contributed by atoms with Crippen LogP contribution < -0.4 is 5.32 Å². The Bertz CT molecular complexity index is 613. The average molecular weight is 271 g/mol. The van der Waals surface area contributed by atoms with Crippen LogP contribution in [0.25, 0.3) is 0 Å². The Hall–Kier alpha value is -2.24. The SMILES string of the molecule is CC(C)n1cc(NC(=O)c2cnc(C3CC3)nc2)cn1. The maximum atomic E-state index is 12.1. The fourth-order valence-electron chi connectivity index (χ4n) is 1.90. The van der Waals surface area contributed by atoms with Crippen LogP contribution in [0, 0.1) is 0 Å². The number of rotatable bonds is 4. The maximum absolute atomic E-state index is 12.1. The Morgan fingerprint density at radius 2 is 2.00 bits per heavy atom. The summed E-state index contributed by atoms with van der Waals surface area (Å²) >= 11 is 0. The first-order chi connectivity index (χ1) is 9.63. The van der Waals surface area contributed by atoms with Crippen LogP contribution in [0.5, 0.6) is 0 Å². The standard InChI is InChI=1S/C14H17N5O/c1-9(2)19-8-12(7-17-19)18-14(20)11-5-15-13(16-6-11)10-3-4-10/h5-10H,3-4H2,1-2H3,(H,18,20). The summed E-state index contributed by atoms with van der Waals surface area (Å²) in [7, 11) is 0. The minimum absolute atomic E-state index is 0.212. The molecule has 2 aromatic rings. The van der Waals surface area contributed by atoms with E-state index in [0.29, 0.717) is 17.2 Å². The highest BCUT2D eigenvalue weighted by molar-refractivity contribution is 6.03. The lowest BCUT2D eigenvalue weighted by atomic mass is 10.3. The topological polar surface area (TPSA) is 72.7 Å². The molecule has 1 aliphatic carbocycles. The average Bonchev–Trinajstić information content (AvgIpc) is 3.19. The minimum atomic E-state index is -0.212. The van der Waals surface area contributed by atoms with Gasteiger partial charge in [0.2, 0.25) is 0 Å². The van der Waals surface area contributed by atoms with Gasteiger partial charge >= 0.3 is 0 Å². The van der Waals surface area contributed by atoms with Crippen molar-refractivity contribution >= 4 is 11.6 Å². The molecule has 1 aliphatic rings.